The number of nitriles is 1. The van der Waals surface area contributed by atoms with Gasteiger partial charge in [-0.15, -0.1) is 0 Å². The number of rotatable bonds is 2. The summed E-state index contributed by atoms with van der Waals surface area (Å²) in [7, 11) is 0. The van der Waals surface area contributed by atoms with Crippen molar-refractivity contribution in [2.45, 2.75) is 31.7 Å². The van der Waals surface area contributed by atoms with Crippen molar-refractivity contribution in [3.05, 3.63) is 24.0 Å². The molecule has 3 unspecified atom stereocenters. The molecule has 20 heavy (non-hydrogen) atoms. The normalized spacial score (nSPS) is 29.4. The third-order valence-electron chi connectivity index (χ3n) is 4.03. The van der Waals surface area contributed by atoms with Gasteiger partial charge in [0.05, 0.1) is 23.9 Å². The SMILES string of the molecule is CC1C[C@H](c2ccncc2N)CC(NC(=O)O)C1C#N. The van der Waals surface area contributed by atoms with E-state index in [0.29, 0.717) is 12.1 Å². The first kappa shape index (κ1) is 14.1. The molecule has 1 aliphatic rings. The summed E-state index contributed by atoms with van der Waals surface area (Å²) < 4.78 is 0. The van der Waals surface area contributed by atoms with Gasteiger partial charge >= 0.3 is 6.09 Å². The lowest BCUT2D eigenvalue weighted by Gasteiger charge is -2.37. The van der Waals surface area contributed by atoms with Crippen LogP contribution in [-0.2, 0) is 0 Å². The molecule has 6 heteroatoms. The van der Waals surface area contributed by atoms with Crippen LogP contribution in [0.4, 0.5) is 10.5 Å². The zero-order valence-corrected chi connectivity index (χ0v) is 11.3. The van der Waals surface area contributed by atoms with Crippen LogP contribution in [-0.4, -0.2) is 22.2 Å². The molecule has 6 nitrogen and oxygen atoms in total. The summed E-state index contributed by atoms with van der Waals surface area (Å²) in [5.74, 6) is -0.0389. The maximum Gasteiger partial charge on any atom is 0.404 e. The minimum absolute atomic E-state index is 0.114. The molecule has 1 aromatic rings. The average Bonchev–Trinajstić information content (AvgIpc) is 2.38. The van der Waals surface area contributed by atoms with Crippen molar-refractivity contribution in [2.75, 3.05) is 5.73 Å². The lowest BCUT2D eigenvalue weighted by Crippen LogP contribution is -2.45. The van der Waals surface area contributed by atoms with Crippen molar-refractivity contribution in [3.8, 4) is 6.07 Å². The number of carbonyl (C=O) groups is 1. The summed E-state index contributed by atoms with van der Waals surface area (Å²) in [6.45, 7) is 1.98. The number of nitrogens with two attached hydrogens (primary N) is 1. The maximum atomic E-state index is 10.9. The third-order valence-corrected chi connectivity index (χ3v) is 4.03. The van der Waals surface area contributed by atoms with E-state index in [1.54, 1.807) is 12.4 Å². The van der Waals surface area contributed by atoms with Crippen LogP contribution in [0.2, 0.25) is 0 Å². The van der Waals surface area contributed by atoms with E-state index in [1.807, 2.05) is 13.0 Å². The number of nitrogens with one attached hydrogen (secondary N) is 1. The fraction of sp³-hybridized carbons (Fsp3) is 0.500. The fourth-order valence-corrected chi connectivity index (χ4v) is 3.11. The summed E-state index contributed by atoms with van der Waals surface area (Å²) >= 11 is 0. The molecule has 1 amide bonds. The first-order chi connectivity index (χ1) is 9.52. The van der Waals surface area contributed by atoms with Crippen molar-refractivity contribution < 1.29 is 9.90 Å². The Bertz CT molecular complexity index is 540. The number of pyridine rings is 1. The smallest absolute Gasteiger partial charge is 0.404 e. The van der Waals surface area contributed by atoms with Crippen molar-refractivity contribution >= 4 is 11.8 Å². The number of carboxylic acid groups (broad SMARTS) is 1. The molecule has 1 heterocycles. The summed E-state index contributed by atoms with van der Waals surface area (Å²) in [5, 5.41) is 20.6. The molecule has 0 radical (unpaired) electrons. The van der Waals surface area contributed by atoms with E-state index >= 15 is 0 Å². The number of nitrogen functional groups attached to an aromatic ring is 1. The Balaban J connectivity index is 2.24. The number of nitrogens with zero attached hydrogens (tertiary/aromatic N) is 2. The molecule has 0 aromatic carbocycles. The number of anilines is 1. The average molecular weight is 274 g/mol. The van der Waals surface area contributed by atoms with E-state index in [2.05, 4.69) is 16.4 Å². The van der Waals surface area contributed by atoms with Crippen molar-refractivity contribution in [1.82, 2.24) is 10.3 Å². The van der Waals surface area contributed by atoms with E-state index in [9.17, 15) is 10.1 Å². The zero-order chi connectivity index (χ0) is 14.7. The van der Waals surface area contributed by atoms with Gasteiger partial charge in [0, 0.05) is 12.2 Å². The summed E-state index contributed by atoms with van der Waals surface area (Å²) in [5.41, 5.74) is 7.55. The lowest BCUT2D eigenvalue weighted by atomic mass is 9.70. The van der Waals surface area contributed by atoms with Gasteiger partial charge < -0.3 is 16.2 Å². The van der Waals surface area contributed by atoms with E-state index in [-0.39, 0.29) is 23.8 Å². The minimum Gasteiger partial charge on any atom is -0.465 e. The van der Waals surface area contributed by atoms with Crippen LogP contribution >= 0.6 is 0 Å². The number of amides is 1. The molecular weight excluding hydrogens is 256 g/mol. The molecule has 0 spiro atoms. The molecule has 4 N–H and O–H groups in total. The molecular formula is C14H18N4O2. The van der Waals surface area contributed by atoms with Gasteiger partial charge in [0.15, 0.2) is 0 Å². The molecule has 1 aliphatic carbocycles. The van der Waals surface area contributed by atoms with Gasteiger partial charge in [-0.3, -0.25) is 4.98 Å². The molecule has 106 valence electrons. The van der Waals surface area contributed by atoms with Gasteiger partial charge in [0.1, 0.15) is 0 Å². The highest BCUT2D eigenvalue weighted by molar-refractivity contribution is 5.65. The second-order valence-corrected chi connectivity index (χ2v) is 5.36. The second kappa shape index (κ2) is 5.78. The van der Waals surface area contributed by atoms with E-state index in [0.717, 1.165) is 12.0 Å². The Kier molecular flexibility index (Phi) is 4.08. The highest BCUT2D eigenvalue weighted by Crippen LogP contribution is 2.40. The van der Waals surface area contributed by atoms with Gasteiger partial charge in [-0.2, -0.15) is 5.26 Å². The van der Waals surface area contributed by atoms with Gasteiger partial charge in [0.2, 0.25) is 0 Å². The molecule has 1 saturated carbocycles. The van der Waals surface area contributed by atoms with Crippen LogP contribution in [0.3, 0.4) is 0 Å². The molecule has 0 bridgehead atoms. The van der Waals surface area contributed by atoms with Gasteiger partial charge in [0.25, 0.3) is 0 Å². The van der Waals surface area contributed by atoms with E-state index < -0.39 is 6.09 Å². The highest BCUT2D eigenvalue weighted by Gasteiger charge is 2.37. The van der Waals surface area contributed by atoms with Crippen molar-refractivity contribution in [2.24, 2.45) is 11.8 Å². The standard InChI is InChI=1S/C14H18N4O2/c1-8-4-9(10-2-3-17-7-12(10)16)5-13(11(8)6-15)18-14(19)20/h2-3,7-9,11,13,18H,4-5,16H2,1H3,(H,19,20)/t8?,9-,11?,13?/m0/s1. The third kappa shape index (κ3) is 2.82. The number of hydrogen-bond acceptors (Lipinski definition) is 4. The highest BCUT2D eigenvalue weighted by atomic mass is 16.4. The summed E-state index contributed by atoms with van der Waals surface area (Å²) in [6, 6.07) is 3.74. The predicted octanol–water partition coefficient (Wildman–Crippen LogP) is 1.95. The summed E-state index contributed by atoms with van der Waals surface area (Å²) in [6.07, 6.45) is 3.61. The van der Waals surface area contributed by atoms with E-state index in [1.165, 1.54) is 0 Å². The van der Waals surface area contributed by atoms with Crippen LogP contribution in [0.1, 0.15) is 31.2 Å². The monoisotopic (exact) mass is 274 g/mol. The minimum atomic E-state index is -1.09. The molecule has 0 aliphatic heterocycles. The largest absolute Gasteiger partial charge is 0.465 e. The van der Waals surface area contributed by atoms with Gasteiger partial charge in [-0.05, 0) is 36.3 Å². The van der Waals surface area contributed by atoms with Crippen LogP contribution in [0, 0.1) is 23.2 Å². The van der Waals surface area contributed by atoms with E-state index in [4.69, 9.17) is 10.8 Å². The van der Waals surface area contributed by atoms with Crippen LogP contribution in [0.5, 0.6) is 0 Å². The van der Waals surface area contributed by atoms with Crippen LogP contribution < -0.4 is 11.1 Å². The van der Waals surface area contributed by atoms with Crippen LogP contribution in [0.25, 0.3) is 0 Å². The Morgan fingerprint density at radius 1 is 1.60 bits per heavy atom. The molecule has 4 atom stereocenters. The quantitative estimate of drug-likeness (QED) is 0.763. The Labute approximate surface area is 117 Å². The Morgan fingerprint density at radius 3 is 2.95 bits per heavy atom. The van der Waals surface area contributed by atoms with Gasteiger partial charge in [-0.25, -0.2) is 4.79 Å². The Hall–Kier alpha value is -2.29. The maximum absolute atomic E-state index is 10.9. The van der Waals surface area contributed by atoms with Gasteiger partial charge in [-0.1, -0.05) is 6.92 Å². The molecule has 2 rings (SSSR count). The van der Waals surface area contributed by atoms with Crippen molar-refractivity contribution in [3.63, 3.8) is 0 Å². The van der Waals surface area contributed by atoms with Crippen LogP contribution in [0.15, 0.2) is 18.5 Å². The summed E-state index contributed by atoms with van der Waals surface area (Å²) in [4.78, 5) is 14.9. The topological polar surface area (TPSA) is 112 Å². The fourth-order valence-electron chi connectivity index (χ4n) is 3.11. The number of aromatic nitrogens is 1. The molecule has 1 aromatic heterocycles. The first-order valence-electron chi connectivity index (χ1n) is 6.61. The number of hydrogen-bond donors (Lipinski definition) is 3. The first-order valence-corrected chi connectivity index (χ1v) is 6.61. The van der Waals surface area contributed by atoms with Crippen molar-refractivity contribution in [1.29, 1.82) is 5.26 Å². The molecule has 1 fully saturated rings. The molecule has 0 saturated heterocycles. The second-order valence-electron chi connectivity index (χ2n) is 5.36. The Morgan fingerprint density at radius 2 is 2.35 bits per heavy atom. The predicted molar refractivity (Wildman–Crippen MR) is 73.8 cm³/mol. The zero-order valence-electron chi connectivity index (χ0n) is 11.3. The lowest BCUT2D eigenvalue weighted by molar-refractivity contribution is 0.167.